The molecule has 0 aromatic heterocycles. The predicted octanol–water partition coefficient (Wildman–Crippen LogP) is 3.01. The molecule has 198 valence electrons. The highest BCUT2D eigenvalue weighted by Crippen LogP contribution is 2.39. The fraction of sp³-hybridized carbons (Fsp3) is 0.870. The van der Waals surface area contributed by atoms with E-state index < -0.39 is 17.7 Å². The first kappa shape index (κ1) is 30.9. The number of unbranched alkanes of at least 4 members (excludes halogenated alkanes) is 2. The minimum Gasteiger partial charge on any atom is -0.444 e. The van der Waals surface area contributed by atoms with Crippen LogP contribution in [0.25, 0.3) is 0 Å². The van der Waals surface area contributed by atoms with Crippen LogP contribution in [-0.4, -0.2) is 78.6 Å². The quantitative estimate of drug-likeness (QED) is 0.170. The number of aliphatic hydroxyl groups excluding tert-OH is 1. The van der Waals surface area contributed by atoms with Gasteiger partial charge < -0.3 is 30.5 Å². The monoisotopic (exact) mass is 521 g/mol. The van der Waals surface area contributed by atoms with E-state index in [4.69, 9.17) is 14.6 Å². The van der Waals surface area contributed by atoms with Crippen LogP contribution < -0.4 is 16.0 Å². The van der Waals surface area contributed by atoms with Crippen molar-refractivity contribution in [2.24, 2.45) is 0 Å². The van der Waals surface area contributed by atoms with Gasteiger partial charge in [-0.1, -0.05) is 28.0 Å². The summed E-state index contributed by atoms with van der Waals surface area (Å²) in [6.45, 7) is 6.51. The van der Waals surface area contributed by atoms with Gasteiger partial charge in [0.05, 0.1) is 19.8 Å². The number of hydrogen-bond acceptors (Lipinski definition) is 8. The van der Waals surface area contributed by atoms with E-state index in [2.05, 4.69) is 16.0 Å². The molecule has 1 heterocycles. The summed E-state index contributed by atoms with van der Waals surface area (Å²) in [5.74, 6) is 0.990. The number of carbonyl (C=O) groups is 3. The number of alkyl carbamates (subject to hydrolysis) is 1. The first-order valence-corrected chi connectivity index (χ1v) is 14.6. The number of aliphatic hydroxyl groups is 1. The number of carbonyl (C=O) groups excluding carboxylic acids is 3. The average Bonchev–Trinajstić information content (AvgIpc) is 3.27. The van der Waals surface area contributed by atoms with Crippen LogP contribution in [-0.2, 0) is 19.1 Å². The molecular weight excluding hydrogens is 478 g/mol. The summed E-state index contributed by atoms with van der Waals surface area (Å²) < 4.78 is 10.4. The van der Waals surface area contributed by atoms with Crippen molar-refractivity contribution in [1.29, 1.82) is 0 Å². The Bertz CT molecular complexity index is 598. The van der Waals surface area contributed by atoms with Gasteiger partial charge in [0.1, 0.15) is 11.6 Å². The lowest BCUT2D eigenvalue weighted by Crippen LogP contribution is -2.48. The fourth-order valence-corrected chi connectivity index (χ4v) is 6.29. The molecule has 0 spiro atoms. The van der Waals surface area contributed by atoms with Gasteiger partial charge in [0, 0.05) is 30.5 Å². The molecule has 1 fully saturated rings. The highest BCUT2D eigenvalue weighted by atomic mass is 33.1. The van der Waals surface area contributed by atoms with Gasteiger partial charge >= 0.3 is 6.09 Å². The Balaban J connectivity index is 2.27. The van der Waals surface area contributed by atoms with E-state index in [1.165, 1.54) is 18.6 Å². The summed E-state index contributed by atoms with van der Waals surface area (Å²) in [4.78, 5) is 36.7. The summed E-state index contributed by atoms with van der Waals surface area (Å²) in [7, 11) is 3.92. The summed E-state index contributed by atoms with van der Waals surface area (Å²) in [6, 6.07) is -0.741. The molecule has 0 aromatic carbocycles. The second kappa shape index (κ2) is 18.1. The van der Waals surface area contributed by atoms with Gasteiger partial charge in [-0.3, -0.25) is 9.59 Å². The standard InChI is InChI=1S/C23H43N3O6S2/c1-23(2,3)32-22(30)26-19(21(29)25-13-15-31-16-14-27)9-6-7-12-24-20(28)10-5-4-8-18-11-17-33-34-18/h18-19,27H,4-17H2,1-3H3,(H,24,28)(H,25,29)(H,26,30)/t18?,19-/m0/s1. The van der Waals surface area contributed by atoms with E-state index in [9.17, 15) is 14.4 Å². The minimum absolute atomic E-state index is 0.0671. The average molecular weight is 522 g/mol. The number of hydrogen-bond donors (Lipinski definition) is 4. The molecule has 1 rings (SSSR count). The molecule has 0 saturated carbocycles. The van der Waals surface area contributed by atoms with E-state index in [0.29, 0.717) is 32.2 Å². The van der Waals surface area contributed by atoms with Crippen molar-refractivity contribution in [3.8, 4) is 0 Å². The van der Waals surface area contributed by atoms with Crippen molar-refractivity contribution in [2.45, 2.75) is 89.0 Å². The summed E-state index contributed by atoms with van der Waals surface area (Å²) in [5, 5.41) is 17.8. The van der Waals surface area contributed by atoms with Crippen LogP contribution in [0.3, 0.4) is 0 Å². The second-order valence-corrected chi connectivity index (χ2v) is 12.0. The number of nitrogens with one attached hydrogen (secondary N) is 3. The molecule has 11 heteroatoms. The third-order valence-electron chi connectivity index (χ3n) is 4.94. The lowest BCUT2D eigenvalue weighted by atomic mass is 10.1. The predicted molar refractivity (Wildman–Crippen MR) is 138 cm³/mol. The Kier molecular flexibility index (Phi) is 16.5. The SMILES string of the molecule is CC(C)(C)OC(=O)N[C@@H](CCCCNC(=O)CCCCC1CCSS1)C(=O)NCCOCCO. The molecule has 1 saturated heterocycles. The first-order valence-electron chi connectivity index (χ1n) is 12.2. The van der Waals surface area contributed by atoms with Crippen LogP contribution in [0.2, 0.25) is 0 Å². The first-order chi connectivity index (χ1) is 16.2. The fourth-order valence-electron chi connectivity index (χ4n) is 3.27. The van der Waals surface area contributed by atoms with Crippen molar-refractivity contribution in [3.63, 3.8) is 0 Å². The zero-order valence-electron chi connectivity index (χ0n) is 20.9. The highest BCUT2D eigenvalue weighted by Gasteiger charge is 2.24. The Morgan fingerprint density at radius 1 is 1.06 bits per heavy atom. The minimum atomic E-state index is -0.741. The van der Waals surface area contributed by atoms with Crippen molar-refractivity contribution in [3.05, 3.63) is 0 Å². The van der Waals surface area contributed by atoms with E-state index in [-0.39, 0.29) is 38.2 Å². The van der Waals surface area contributed by atoms with E-state index in [1.807, 2.05) is 21.6 Å². The second-order valence-electron chi connectivity index (χ2n) is 9.25. The highest BCUT2D eigenvalue weighted by molar-refractivity contribution is 8.77. The Labute approximate surface area is 212 Å². The molecule has 9 nitrogen and oxygen atoms in total. The van der Waals surface area contributed by atoms with E-state index in [0.717, 1.165) is 18.1 Å². The zero-order chi connectivity index (χ0) is 25.2. The van der Waals surface area contributed by atoms with Crippen molar-refractivity contribution >= 4 is 39.5 Å². The van der Waals surface area contributed by atoms with Crippen molar-refractivity contribution in [1.82, 2.24) is 16.0 Å². The number of amides is 3. The largest absolute Gasteiger partial charge is 0.444 e. The molecule has 1 aliphatic rings. The molecule has 0 bridgehead atoms. The van der Waals surface area contributed by atoms with Gasteiger partial charge in [0.25, 0.3) is 0 Å². The molecule has 2 atom stereocenters. The normalized spacial score (nSPS) is 16.6. The van der Waals surface area contributed by atoms with Crippen LogP contribution >= 0.6 is 21.6 Å². The number of rotatable bonds is 17. The van der Waals surface area contributed by atoms with Crippen LogP contribution in [0.1, 0.15) is 72.1 Å². The Hall–Kier alpha value is -1.17. The van der Waals surface area contributed by atoms with E-state index >= 15 is 0 Å². The van der Waals surface area contributed by atoms with Crippen LogP contribution in [0.5, 0.6) is 0 Å². The Morgan fingerprint density at radius 3 is 2.53 bits per heavy atom. The smallest absolute Gasteiger partial charge is 0.408 e. The molecular formula is C23H43N3O6S2. The van der Waals surface area contributed by atoms with Crippen molar-refractivity contribution in [2.75, 3.05) is 38.7 Å². The van der Waals surface area contributed by atoms with Gasteiger partial charge in [-0.15, -0.1) is 0 Å². The lowest BCUT2D eigenvalue weighted by molar-refractivity contribution is -0.124. The molecule has 0 radical (unpaired) electrons. The third-order valence-corrected chi connectivity index (χ3v) is 7.94. The molecule has 0 aromatic rings. The molecule has 1 unspecified atom stereocenters. The van der Waals surface area contributed by atoms with Crippen molar-refractivity contribution < 1.29 is 29.0 Å². The number of ether oxygens (including phenoxy) is 2. The van der Waals surface area contributed by atoms with Gasteiger partial charge in [-0.05, 0) is 59.3 Å². The van der Waals surface area contributed by atoms with Crippen LogP contribution in [0.15, 0.2) is 0 Å². The molecule has 34 heavy (non-hydrogen) atoms. The van der Waals surface area contributed by atoms with Crippen LogP contribution in [0.4, 0.5) is 4.79 Å². The molecule has 1 aliphatic heterocycles. The molecule has 0 aliphatic carbocycles. The summed E-state index contributed by atoms with van der Waals surface area (Å²) in [6.07, 6.45) is 6.16. The third kappa shape index (κ3) is 16.5. The van der Waals surface area contributed by atoms with Gasteiger partial charge in [-0.25, -0.2) is 4.79 Å². The molecule has 4 N–H and O–H groups in total. The molecule has 3 amide bonds. The maximum Gasteiger partial charge on any atom is 0.408 e. The summed E-state index contributed by atoms with van der Waals surface area (Å²) >= 11 is 0. The maximum atomic E-state index is 12.5. The summed E-state index contributed by atoms with van der Waals surface area (Å²) in [5.41, 5.74) is -0.664. The lowest BCUT2D eigenvalue weighted by Gasteiger charge is -2.23. The zero-order valence-corrected chi connectivity index (χ0v) is 22.5. The maximum absolute atomic E-state index is 12.5. The topological polar surface area (TPSA) is 126 Å². The Morgan fingerprint density at radius 2 is 1.85 bits per heavy atom. The van der Waals surface area contributed by atoms with Gasteiger partial charge in [0.2, 0.25) is 11.8 Å². The van der Waals surface area contributed by atoms with Gasteiger partial charge in [-0.2, -0.15) is 0 Å². The van der Waals surface area contributed by atoms with Crippen LogP contribution in [0, 0.1) is 0 Å². The van der Waals surface area contributed by atoms with Gasteiger partial charge in [0.15, 0.2) is 0 Å². The van der Waals surface area contributed by atoms with E-state index in [1.54, 1.807) is 20.8 Å².